The van der Waals surface area contributed by atoms with E-state index in [1.807, 2.05) is 13.8 Å². The van der Waals surface area contributed by atoms with Crippen molar-refractivity contribution in [2.75, 3.05) is 26.7 Å². The maximum atomic E-state index is 11.4. The summed E-state index contributed by atoms with van der Waals surface area (Å²) in [6.07, 6.45) is 5.08. The minimum Gasteiger partial charge on any atom is -0.469 e. The number of aliphatic imine (C=N–C) groups is 1. The number of hydrogen-bond acceptors (Lipinski definition) is 3. The zero-order chi connectivity index (χ0) is 15.0. The number of carbonyl (C=O) groups is 1. The summed E-state index contributed by atoms with van der Waals surface area (Å²) in [5, 5.41) is 6.45. The number of rotatable bonds is 7. The van der Waals surface area contributed by atoms with E-state index in [2.05, 4.69) is 22.5 Å². The van der Waals surface area contributed by atoms with Crippen molar-refractivity contribution in [3.8, 4) is 0 Å². The number of guanidine groups is 1. The molecule has 124 valence electrons. The SMILES string of the molecule is CCNC(=NCC1(CC)CCC1)NCC(C)C(=O)OC.I. The van der Waals surface area contributed by atoms with E-state index in [9.17, 15) is 4.79 Å². The Morgan fingerprint density at radius 2 is 2.00 bits per heavy atom. The molecule has 6 heteroatoms. The van der Waals surface area contributed by atoms with Gasteiger partial charge in [-0.1, -0.05) is 20.3 Å². The molecule has 1 unspecified atom stereocenters. The first-order valence-electron chi connectivity index (χ1n) is 7.67. The van der Waals surface area contributed by atoms with Crippen molar-refractivity contribution in [3.63, 3.8) is 0 Å². The second-order valence-corrected chi connectivity index (χ2v) is 5.71. The molecule has 0 aromatic rings. The van der Waals surface area contributed by atoms with Gasteiger partial charge in [0.1, 0.15) is 0 Å². The lowest BCUT2D eigenvalue weighted by Crippen LogP contribution is -2.42. The average molecular weight is 411 g/mol. The van der Waals surface area contributed by atoms with Gasteiger partial charge in [0.25, 0.3) is 0 Å². The van der Waals surface area contributed by atoms with Crippen LogP contribution in [0.1, 0.15) is 46.5 Å². The molecule has 21 heavy (non-hydrogen) atoms. The predicted molar refractivity (Wildman–Crippen MR) is 97.2 cm³/mol. The van der Waals surface area contributed by atoms with E-state index in [0.29, 0.717) is 12.0 Å². The van der Waals surface area contributed by atoms with Crippen molar-refractivity contribution in [2.45, 2.75) is 46.5 Å². The number of nitrogens with zero attached hydrogens (tertiary/aromatic N) is 1. The van der Waals surface area contributed by atoms with Gasteiger partial charge in [0.05, 0.1) is 13.0 Å². The summed E-state index contributed by atoms with van der Waals surface area (Å²) < 4.78 is 4.72. The Morgan fingerprint density at radius 3 is 2.43 bits per heavy atom. The van der Waals surface area contributed by atoms with E-state index in [1.54, 1.807) is 0 Å². The van der Waals surface area contributed by atoms with Gasteiger partial charge in [-0.2, -0.15) is 0 Å². The van der Waals surface area contributed by atoms with Crippen LogP contribution in [0.15, 0.2) is 4.99 Å². The summed E-state index contributed by atoms with van der Waals surface area (Å²) in [6, 6.07) is 0. The molecule has 1 aliphatic rings. The third kappa shape index (κ3) is 6.40. The Morgan fingerprint density at radius 1 is 1.33 bits per heavy atom. The maximum absolute atomic E-state index is 11.4. The molecule has 0 amide bonds. The number of hydrogen-bond donors (Lipinski definition) is 2. The zero-order valence-electron chi connectivity index (χ0n) is 13.7. The molecule has 0 heterocycles. The number of esters is 1. The molecule has 0 spiro atoms. The van der Waals surface area contributed by atoms with Crippen molar-refractivity contribution < 1.29 is 9.53 Å². The van der Waals surface area contributed by atoms with Gasteiger partial charge in [0.15, 0.2) is 5.96 Å². The van der Waals surface area contributed by atoms with Crippen LogP contribution in [0.4, 0.5) is 0 Å². The summed E-state index contributed by atoms with van der Waals surface area (Å²) >= 11 is 0. The van der Waals surface area contributed by atoms with E-state index in [1.165, 1.54) is 32.8 Å². The second kappa shape index (κ2) is 10.2. The largest absolute Gasteiger partial charge is 0.469 e. The van der Waals surface area contributed by atoms with Gasteiger partial charge in [-0.15, -0.1) is 24.0 Å². The standard InChI is InChI=1S/C15H29N3O2.HI/c1-5-15(8-7-9-15)11-18-14(16-6-2)17-10-12(3)13(19)20-4;/h12H,5-11H2,1-4H3,(H2,16,17,18);1H. The minimum atomic E-state index is -0.197. The first kappa shape index (κ1) is 20.5. The van der Waals surface area contributed by atoms with Gasteiger partial charge >= 0.3 is 5.97 Å². The lowest BCUT2D eigenvalue weighted by Gasteiger charge is -2.40. The molecule has 5 nitrogen and oxygen atoms in total. The lowest BCUT2D eigenvalue weighted by atomic mass is 9.67. The van der Waals surface area contributed by atoms with Crippen LogP contribution in [0, 0.1) is 11.3 Å². The monoisotopic (exact) mass is 411 g/mol. The van der Waals surface area contributed by atoms with Gasteiger partial charge in [-0.25, -0.2) is 0 Å². The molecule has 0 aromatic heterocycles. The molecule has 1 saturated carbocycles. The molecule has 0 radical (unpaired) electrons. The molecule has 1 aliphatic carbocycles. The van der Waals surface area contributed by atoms with Gasteiger partial charge in [-0.05, 0) is 31.6 Å². The van der Waals surface area contributed by atoms with Crippen molar-refractivity contribution in [1.29, 1.82) is 0 Å². The fourth-order valence-corrected chi connectivity index (χ4v) is 2.42. The topological polar surface area (TPSA) is 62.7 Å². The van der Waals surface area contributed by atoms with Crippen LogP contribution < -0.4 is 10.6 Å². The smallest absolute Gasteiger partial charge is 0.310 e. The van der Waals surface area contributed by atoms with Gasteiger partial charge in [-0.3, -0.25) is 9.79 Å². The molecule has 2 N–H and O–H groups in total. The Kier molecular flexibility index (Phi) is 9.98. The van der Waals surface area contributed by atoms with Crippen LogP contribution in [0.2, 0.25) is 0 Å². The van der Waals surface area contributed by atoms with E-state index in [0.717, 1.165) is 19.0 Å². The molecule has 0 aromatic carbocycles. The van der Waals surface area contributed by atoms with Crippen molar-refractivity contribution in [1.82, 2.24) is 10.6 Å². The zero-order valence-corrected chi connectivity index (χ0v) is 16.0. The molecule has 0 bridgehead atoms. The first-order chi connectivity index (χ1) is 9.56. The van der Waals surface area contributed by atoms with Crippen LogP contribution in [0.5, 0.6) is 0 Å². The highest BCUT2D eigenvalue weighted by atomic mass is 127. The molecular formula is C15H30IN3O2. The van der Waals surface area contributed by atoms with E-state index in [4.69, 9.17) is 4.74 Å². The van der Waals surface area contributed by atoms with Gasteiger partial charge in [0.2, 0.25) is 0 Å². The fraction of sp³-hybridized carbons (Fsp3) is 0.867. The molecule has 0 saturated heterocycles. The summed E-state index contributed by atoms with van der Waals surface area (Å²) in [6.45, 7) is 8.36. The minimum absolute atomic E-state index is 0. The predicted octanol–water partition coefficient (Wildman–Crippen LogP) is 2.55. The summed E-state index contributed by atoms with van der Waals surface area (Å²) in [5.41, 5.74) is 0.413. The van der Waals surface area contributed by atoms with Crippen LogP contribution in [-0.2, 0) is 9.53 Å². The molecule has 0 aliphatic heterocycles. The van der Waals surface area contributed by atoms with E-state index >= 15 is 0 Å². The number of halogens is 1. The van der Waals surface area contributed by atoms with Crippen molar-refractivity contribution in [3.05, 3.63) is 0 Å². The lowest BCUT2D eigenvalue weighted by molar-refractivity contribution is -0.144. The highest BCUT2D eigenvalue weighted by Crippen LogP contribution is 2.43. The second-order valence-electron chi connectivity index (χ2n) is 5.71. The Balaban J connectivity index is 0.00000400. The van der Waals surface area contributed by atoms with Gasteiger partial charge < -0.3 is 15.4 Å². The van der Waals surface area contributed by atoms with E-state index < -0.39 is 0 Å². The van der Waals surface area contributed by atoms with Crippen LogP contribution in [0.25, 0.3) is 0 Å². The third-order valence-electron chi connectivity index (χ3n) is 4.26. The summed E-state index contributed by atoms with van der Waals surface area (Å²) in [7, 11) is 1.42. The highest BCUT2D eigenvalue weighted by Gasteiger charge is 2.34. The molecular weight excluding hydrogens is 381 g/mol. The number of nitrogens with one attached hydrogen (secondary N) is 2. The quantitative estimate of drug-likeness (QED) is 0.293. The summed E-state index contributed by atoms with van der Waals surface area (Å²) in [5.74, 6) is 0.424. The van der Waals surface area contributed by atoms with Crippen molar-refractivity contribution >= 4 is 35.9 Å². The maximum Gasteiger partial charge on any atom is 0.310 e. The van der Waals surface area contributed by atoms with Crippen LogP contribution in [0.3, 0.4) is 0 Å². The first-order valence-corrected chi connectivity index (χ1v) is 7.67. The fourth-order valence-electron chi connectivity index (χ4n) is 2.42. The Hall–Kier alpha value is -0.530. The number of methoxy groups -OCH3 is 1. The average Bonchev–Trinajstić information content (AvgIpc) is 2.42. The van der Waals surface area contributed by atoms with Crippen LogP contribution in [-0.4, -0.2) is 38.7 Å². The third-order valence-corrected chi connectivity index (χ3v) is 4.26. The number of carbonyl (C=O) groups excluding carboxylic acids is 1. The Bertz CT molecular complexity index is 338. The van der Waals surface area contributed by atoms with Gasteiger partial charge in [0, 0.05) is 19.6 Å². The van der Waals surface area contributed by atoms with Crippen LogP contribution >= 0.6 is 24.0 Å². The Labute approximate surface area is 145 Å². The summed E-state index contributed by atoms with van der Waals surface area (Å²) in [4.78, 5) is 16.1. The molecule has 1 atom stereocenters. The highest BCUT2D eigenvalue weighted by molar-refractivity contribution is 14.0. The molecule has 1 rings (SSSR count). The van der Waals surface area contributed by atoms with E-state index in [-0.39, 0.29) is 35.9 Å². The van der Waals surface area contributed by atoms with Crippen molar-refractivity contribution in [2.24, 2.45) is 16.3 Å². The molecule has 1 fully saturated rings. The normalized spacial score (nSPS) is 18.0. The number of ether oxygens (including phenoxy) is 1.